The molecule has 0 aliphatic carbocycles. The Bertz CT molecular complexity index is 1030. The molecule has 0 aliphatic heterocycles. The summed E-state index contributed by atoms with van der Waals surface area (Å²) in [6.45, 7) is 5.82. The standard InChI is InChI=1S/C24H32ClN3O4S/c1-18(2)26-24(30)19(3)27(17-20-12-14-21(25)15-13-20)23(29)11-8-16-28(33(4,31)32)22-9-6-5-7-10-22/h5-7,9-10,12-15,18-19H,8,11,16-17H2,1-4H3,(H,26,30). The second-order valence-corrected chi connectivity index (χ2v) is 10.6. The molecule has 0 spiro atoms. The van der Waals surface area contributed by atoms with E-state index >= 15 is 0 Å². The van der Waals surface area contributed by atoms with Gasteiger partial charge in [-0.15, -0.1) is 0 Å². The van der Waals surface area contributed by atoms with Gasteiger partial charge in [0.15, 0.2) is 0 Å². The minimum atomic E-state index is -3.50. The number of rotatable bonds is 11. The predicted octanol–water partition coefficient (Wildman–Crippen LogP) is 3.83. The lowest BCUT2D eigenvalue weighted by Crippen LogP contribution is -2.49. The summed E-state index contributed by atoms with van der Waals surface area (Å²) in [5, 5.41) is 3.43. The Morgan fingerprint density at radius 3 is 2.15 bits per heavy atom. The molecule has 2 aromatic carbocycles. The molecule has 2 amide bonds. The van der Waals surface area contributed by atoms with Crippen molar-refractivity contribution < 1.29 is 18.0 Å². The average Bonchev–Trinajstić information content (AvgIpc) is 2.75. The molecule has 2 rings (SSSR count). The normalized spacial score (nSPS) is 12.3. The number of nitrogens with one attached hydrogen (secondary N) is 1. The molecule has 1 N–H and O–H groups in total. The zero-order valence-corrected chi connectivity index (χ0v) is 21.1. The molecule has 7 nitrogen and oxygen atoms in total. The van der Waals surface area contributed by atoms with Gasteiger partial charge >= 0.3 is 0 Å². The molecule has 0 radical (unpaired) electrons. The lowest BCUT2D eigenvalue weighted by molar-refractivity contribution is -0.140. The summed E-state index contributed by atoms with van der Waals surface area (Å²) in [6.07, 6.45) is 1.56. The van der Waals surface area contributed by atoms with Crippen molar-refractivity contribution in [2.24, 2.45) is 0 Å². The van der Waals surface area contributed by atoms with Gasteiger partial charge in [-0.05, 0) is 57.0 Å². The van der Waals surface area contributed by atoms with Crippen molar-refractivity contribution >= 4 is 39.1 Å². The van der Waals surface area contributed by atoms with Gasteiger partial charge < -0.3 is 10.2 Å². The number of carbonyl (C=O) groups excluding carboxylic acids is 2. The molecule has 0 saturated carbocycles. The molecule has 1 unspecified atom stereocenters. The Balaban J connectivity index is 2.14. The lowest BCUT2D eigenvalue weighted by atomic mass is 10.1. The first-order valence-electron chi connectivity index (χ1n) is 10.9. The van der Waals surface area contributed by atoms with E-state index < -0.39 is 16.1 Å². The molecule has 0 saturated heterocycles. The third-order valence-corrected chi connectivity index (χ3v) is 6.51. The van der Waals surface area contributed by atoms with E-state index in [1.165, 1.54) is 9.21 Å². The van der Waals surface area contributed by atoms with Gasteiger partial charge in [0, 0.05) is 30.6 Å². The zero-order chi connectivity index (χ0) is 24.6. The maximum absolute atomic E-state index is 13.2. The van der Waals surface area contributed by atoms with Crippen LogP contribution in [-0.4, -0.2) is 50.0 Å². The van der Waals surface area contributed by atoms with Crippen molar-refractivity contribution in [2.45, 2.75) is 52.2 Å². The van der Waals surface area contributed by atoms with Crippen LogP contribution in [0.3, 0.4) is 0 Å². The van der Waals surface area contributed by atoms with Crippen LogP contribution in [0.15, 0.2) is 54.6 Å². The van der Waals surface area contributed by atoms with Crippen molar-refractivity contribution in [3.8, 4) is 0 Å². The molecular formula is C24H32ClN3O4S. The van der Waals surface area contributed by atoms with E-state index in [0.717, 1.165) is 11.8 Å². The molecule has 0 aliphatic rings. The summed E-state index contributed by atoms with van der Waals surface area (Å²) in [7, 11) is -3.50. The van der Waals surface area contributed by atoms with Gasteiger partial charge in [-0.1, -0.05) is 41.9 Å². The van der Waals surface area contributed by atoms with Crippen molar-refractivity contribution in [2.75, 3.05) is 17.1 Å². The van der Waals surface area contributed by atoms with Crippen molar-refractivity contribution in [3.05, 3.63) is 65.2 Å². The Labute approximate surface area is 201 Å². The number of para-hydroxylation sites is 1. The van der Waals surface area contributed by atoms with Gasteiger partial charge in [-0.25, -0.2) is 8.42 Å². The van der Waals surface area contributed by atoms with Crippen LogP contribution < -0.4 is 9.62 Å². The fraction of sp³-hybridized carbons (Fsp3) is 0.417. The molecule has 0 bridgehead atoms. The first kappa shape index (κ1) is 26.7. The SMILES string of the molecule is CC(C)NC(=O)C(C)N(Cc1ccc(Cl)cc1)C(=O)CCCN(c1ccccc1)S(C)(=O)=O. The molecular weight excluding hydrogens is 462 g/mol. The van der Waals surface area contributed by atoms with Gasteiger partial charge in [-0.3, -0.25) is 13.9 Å². The van der Waals surface area contributed by atoms with Crippen LogP contribution in [-0.2, 0) is 26.2 Å². The number of sulfonamides is 1. The molecule has 180 valence electrons. The number of nitrogens with zero attached hydrogens (tertiary/aromatic N) is 2. The highest BCUT2D eigenvalue weighted by molar-refractivity contribution is 7.92. The Hall–Kier alpha value is -2.58. The minimum absolute atomic E-state index is 0.0541. The minimum Gasteiger partial charge on any atom is -0.352 e. The smallest absolute Gasteiger partial charge is 0.242 e. The third kappa shape index (κ3) is 8.37. The van der Waals surface area contributed by atoms with E-state index in [9.17, 15) is 18.0 Å². The van der Waals surface area contributed by atoms with Gasteiger partial charge in [-0.2, -0.15) is 0 Å². The molecule has 1 atom stereocenters. The first-order valence-corrected chi connectivity index (χ1v) is 13.1. The Kier molecular flexibility index (Phi) is 9.73. The molecule has 0 aromatic heterocycles. The van der Waals surface area contributed by atoms with E-state index in [-0.39, 0.29) is 37.4 Å². The number of carbonyl (C=O) groups is 2. The number of hydrogen-bond acceptors (Lipinski definition) is 4. The first-order chi connectivity index (χ1) is 15.5. The van der Waals surface area contributed by atoms with E-state index in [0.29, 0.717) is 17.1 Å². The maximum atomic E-state index is 13.2. The van der Waals surface area contributed by atoms with E-state index in [1.54, 1.807) is 43.3 Å². The molecule has 2 aromatic rings. The monoisotopic (exact) mass is 493 g/mol. The summed E-state index contributed by atoms with van der Waals surface area (Å²) >= 11 is 5.97. The molecule has 0 fully saturated rings. The number of benzene rings is 2. The van der Waals surface area contributed by atoms with Crippen LogP contribution in [0.2, 0.25) is 5.02 Å². The number of halogens is 1. The highest BCUT2D eigenvalue weighted by Gasteiger charge is 2.27. The van der Waals surface area contributed by atoms with Crippen LogP contribution in [0, 0.1) is 0 Å². The van der Waals surface area contributed by atoms with Crippen LogP contribution in [0.5, 0.6) is 0 Å². The second kappa shape index (κ2) is 12.0. The summed E-state index contributed by atoms with van der Waals surface area (Å²) in [4.78, 5) is 27.3. The van der Waals surface area contributed by atoms with E-state index in [2.05, 4.69) is 5.32 Å². The van der Waals surface area contributed by atoms with Crippen molar-refractivity contribution in [3.63, 3.8) is 0 Å². The van der Waals surface area contributed by atoms with Gasteiger partial charge in [0.25, 0.3) is 0 Å². The summed E-state index contributed by atoms with van der Waals surface area (Å²) in [5.74, 6) is -0.466. The predicted molar refractivity (Wildman–Crippen MR) is 133 cm³/mol. The van der Waals surface area contributed by atoms with Gasteiger partial charge in [0.1, 0.15) is 6.04 Å². The number of amides is 2. The highest BCUT2D eigenvalue weighted by atomic mass is 35.5. The zero-order valence-electron chi connectivity index (χ0n) is 19.5. The van der Waals surface area contributed by atoms with Gasteiger partial charge in [0.05, 0.1) is 11.9 Å². The molecule has 9 heteroatoms. The van der Waals surface area contributed by atoms with Crippen LogP contribution >= 0.6 is 11.6 Å². The maximum Gasteiger partial charge on any atom is 0.242 e. The second-order valence-electron chi connectivity index (χ2n) is 8.26. The number of anilines is 1. The Morgan fingerprint density at radius 2 is 1.61 bits per heavy atom. The summed E-state index contributed by atoms with van der Waals surface area (Å²) in [6, 6.07) is 15.1. The van der Waals surface area contributed by atoms with Gasteiger partial charge in [0.2, 0.25) is 21.8 Å². The summed E-state index contributed by atoms with van der Waals surface area (Å²) in [5.41, 5.74) is 1.40. The van der Waals surface area contributed by atoms with Crippen molar-refractivity contribution in [1.82, 2.24) is 10.2 Å². The fourth-order valence-electron chi connectivity index (χ4n) is 3.37. The highest BCUT2D eigenvalue weighted by Crippen LogP contribution is 2.19. The topological polar surface area (TPSA) is 86.8 Å². The Morgan fingerprint density at radius 1 is 1.00 bits per heavy atom. The quantitative estimate of drug-likeness (QED) is 0.515. The van der Waals surface area contributed by atoms with Crippen LogP contribution in [0.4, 0.5) is 5.69 Å². The largest absolute Gasteiger partial charge is 0.352 e. The van der Waals surface area contributed by atoms with E-state index in [1.807, 2.05) is 32.0 Å². The molecule has 0 heterocycles. The van der Waals surface area contributed by atoms with Crippen LogP contribution in [0.25, 0.3) is 0 Å². The van der Waals surface area contributed by atoms with E-state index in [4.69, 9.17) is 11.6 Å². The summed E-state index contributed by atoms with van der Waals surface area (Å²) < 4.78 is 25.8. The average molecular weight is 494 g/mol. The molecule has 33 heavy (non-hydrogen) atoms. The fourth-order valence-corrected chi connectivity index (χ4v) is 4.46. The third-order valence-electron chi connectivity index (χ3n) is 5.06. The van der Waals surface area contributed by atoms with Crippen molar-refractivity contribution in [1.29, 1.82) is 0 Å². The number of hydrogen-bond donors (Lipinski definition) is 1. The van der Waals surface area contributed by atoms with Crippen LogP contribution in [0.1, 0.15) is 39.2 Å². The lowest BCUT2D eigenvalue weighted by Gasteiger charge is -2.30.